The molecule has 0 aliphatic carbocycles. The van der Waals surface area contributed by atoms with Crippen molar-refractivity contribution in [3.05, 3.63) is 58.9 Å². The van der Waals surface area contributed by atoms with Gasteiger partial charge in [0.2, 0.25) is 0 Å². The van der Waals surface area contributed by atoms with Gasteiger partial charge in [0.25, 0.3) is 17.6 Å². The molecule has 1 aliphatic rings. The van der Waals surface area contributed by atoms with Gasteiger partial charge in [-0.3, -0.25) is 14.4 Å². The number of aromatic nitrogens is 1. The molecule has 2 amide bonds. The molecule has 176 valence electrons. The van der Waals surface area contributed by atoms with Gasteiger partial charge in [0.05, 0.1) is 26.1 Å². The molecule has 1 fully saturated rings. The molecule has 2 aromatic heterocycles. The number of allylic oxidation sites excluding steroid dienone is 1. The Kier molecular flexibility index (Phi) is 7.35. The molecule has 1 aliphatic heterocycles. The minimum absolute atomic E-state index is 0.166. The Morgan fingerprint density at radius 2 is 2.06 bits per heavy atom. The Hall–Kier alpha value is -3.43. The summed E-state index contributed by atoms with van der Waals surface area (Å²) in [6.07, 6.45) is 5.52. The largest absolute Gasteiger partial charge is 0.464 e. The number of carbonyl (C=O) groups excluding carboxylic acids is 3. The van der Waals surface area contributed by atoms with E-state index in [1.807, 2.05) is 13.0 Å². The second-order valence-corrected chi connectivity index (χ2v) is 8.00. The number of rotatable bonds is 10. The van der Waals surface area contributed by atoms with E-state index in [9.17, 15) is 14.4 Å². The van der Waals surface area contributed by atoms with Gasteiger partial charge in [-0.1, -0.05) is 13.5 Å². The Morgan fingerprint density at radius 3 is 2.64 bits per heavy atom. The summed E-state index contributed by atoms with van der Waals surface area (Å²) in [5.41, 5.74) is 1.69. The minimum Gasteiger partial charge on any atom is -0.464 e. The maximum absolute atomic E-state index is 13.0. The topological polar surface area (TPSA) is 112 Å². The highest BCUT2D eigenvalue weighted by Crippen LogP contribution is 2.20. The third-order valence-corrected chi connectivity index (χ3v) is 5.67. The van der Waals surface area contributed by atoms with E-state index in [1.54, 1.807) is 36.9 Å². The van der Waals surface area contributed by atoms with Crippen LogP contribution >= 0.6 is 0 Å². The Balaban J connectivity index is 1.78. The summed E-state index contributed by atoms with van der Waals surface area (Å²) < 4.78 is 17.2. The van der Waals surface area contributed by atoms with Gasteiger partial charge < -0.3 is 29.1 Å². The lowest BCUT2D eigenvalue weighted by Crippen LogP contribution is -2.65. The quantitative estimate of drug-likeness (QED) is 0.421. The van der Waals surface area contributed by atoms with Crippen molar-refractivity contribution in [1.29, 1.82) is 0 Å². The number of carbonyl (C=O) groups is 3. The van der Waals surface area contributed by atoms with Crippen molar-refractivity contribution < 1.29 is 28.3 Å². The predicted octanol–water partition coefficient (Wildman–Crippen LogP) is 2.46. The van der Waals surface area contributed by atoms with Gasteiger partial charge in [-0.15, -0.1) is 0 Å². The van der Waals surface area contributed by atoms with Gasteiger partial charge in [-0.05, 0) is 37.6 Å². The van der Waals surface area contributed by atoms with E-state index in [4.69, 9.17) is 13.9 Å². The number of Topliss-reactive ketones (excluding diaryl/α,β-unsaturated/α-hetero) is 1. The van der Waals surface area contributed by atoms with Crippen LogP contribution in [0.15, 0.2) is 35.1 Å². The Morgan fingerprint density at radius 1 is 1.33 bits per heavy atom. The van der Waals surface area contributed by atoms with Crippen LogP contribution in [0, 0.1) is 6.92 Å². The Labute approximate surface area is 192 Å². The summed E-state index contributed by atoms with van der Waals surface area (Å²) in [6, 6.07) is 3.22. The summed E-state index contributed by atoms with van der Waals surface area (Å²) >= 11 is 0. The van der Waals surface area contributed by atoms with Crippen molar-refractivity contribution in [3.8, 4) is 0 Å². The minimum atomic E-state index is -0.762. The predicted molar refractivity (Wildman–Crippen MR) is 123 cm³/mol. The molecule has 3 heterocycles. The number of nitrogens with one attached hydrogen (secondary N) is 2. The molecule has 9 nitrogen and oxygen atoms in total. The zero-order chi connectivity index (χ0) is 24.2. The number of methoxy groups -OCH3 is 1. The SMILES string of the molecule is C=Cc1occc1/C=C(\CC)NC(=O)c1cc(C(=O)C(=O)NC2(COC)COC2)c(C)n1C. The highest BCUT2D eigenvalue weighted by molar-refractivity contribution is 6.43. The zero-order valence-corrected chi connectivity index (χ0v) is 19.3. The van der Waals surface area contributed by atoms with Gasteiger partial charge in [0, 0.05) is 36.7 Å². The third kappa shape index (κ3) is 4.99. The van der Waals surface area contributed by atoms with Crippen molar-refractivity contribution in [1.82, 2.24) is 15.2 Å². The van der Waals surface area contributed by atoms with Crippen LogP contribution in [0.1, 0.15) is 51.2 Å². The van der Waals surface area contributed by atoms with Gasteiger partial charge in [0.1, 0.15) is 17.0 Å². The summed E-state index contributed by atoms with van der Waals surface area (Å²) in [5, 5.41) is 5.59. The van der Waals surface area contributed by atoms with E-state index in [1.165, 1.54) is 13.2 Å². The average molecular weight is 456 g/mol. The molecule has 0 radical (unpaired) electrons. The van der Waals surface area contributed by atoms with E-state index >= 15 is 0 Å². The fraction of sp³-hybridized carbons (Fsp3) is 0.375. The number of amides is 2. The van der Waals surface area contributed by atoms with Crippen LogP contribution in [0.3, 0.4) is 0 Å². The molecule has 1 saturated heterocycles. The van der Waals surface area contributed by atoms with Crippen molar-refractivity contribution in [2.75, 3.05) is 26.9 Å². The number of ether oxygens (including phenoxy) is 2. The van der Waals surface area contributed by atoms with Crippen molar-refractivity contribution in [2.24, 2.45) is 7.05 Å². The van der Waals surface area contributed by atoms with Gasteiger partial charge in [-0.2, -0.15) is 0 Å². The first-order valence-electron chi connectivity index (χ1n) is 10.6. The van der Waals surface area contributed by atoms with E-state index < -0.39 is 17.2 Å². The van der Waals surface area contributed by atoms with Crippen LogP contribution in [-0.4, -0.2) is 54.6 Å². The number of furan rings is 1. The first-order valence-corrected chi connectivity index (χ1v) is 10.6. The molecule has 9 heteroatoms. The first kappa shape index (κ1) is 24.2. The van der Waals surface area contributed by atoms with Crippen LogP contribution in [0.25, 0.3) is 12.2 Å². The van der Waals surface area contributed by atoms with Crippen LogP contribution < -0.4 is 10.6 Å². The van der Waals surface area contributed by atoms with Crippen molar-refractivity contribution in [3.63, 3.8) is 0 Å². The lowest BCUT2D eigenvalue weighted by atomic mass is 9.98. The molecule has 0 unspecified atom stereocenters. The third-order valence-electron chi connectivity index (χ3n) is 5.67. The van der Waals surface area contributed by atoms with E-state index in [0.29, 0.717) is 23.6 Å². The molecular weight excluding hydrogens is 426 g/mol. The fourth-order valence-electron chi connectivity index (χ4n) is 3.62. The fourth-order valence-corrected chi connectivity index (χ4v) is 3.62. The lowest BCUT2D eigenvalue weighted by Gasteiger charge is -2.41. The molecule has 0 spiro atoms. The molecule has 0 aromatic carbocycles. The second-order valence-electron chi connectivity index (χ2n) is 8.00. The number of hydrogen-bond donors (Lipinski definition) is 2. The van der Waals surface area contributed by atoms with Gasteiger partial charge in [-0.25, -0.2) is 0 Å². The second kappa shape index (κ2) is 10.0. The molecule has 0 saturated carbocycles. The summed E-state index contributed by atoms with van der Waals surface area (Å²) in [7, 11) is 3.19. The number of nitrogens with zero attached hydrogens (tertiary/aromatic N) is 1. The smallest absolute Gasteiger partial charge is 0.293 e. The first-order chi connectivity index (χ1) is 15.7. The van der Waals surface area contributed by atoms with Gasteiger partial charge in [0.15, 0.2) is 0 Å². The average Bonchev–Trinajstić information content (AvgIpc) is 3.35. The van der Waals surface area contributed by atoms with E-state index in [2.05, 4.69) is 17.2 Å². The van der Waals surface area contributed by atoms with E-state index in [-0.39, 0.29) is 37.0 Å². The lowest BCUT2D eigenvalue weighted by molar-refractivity contribution is -0.135. The van der Waals surface area contributed by atoms with Gasteiger partial charge >= 0.3 is 0 Å². The van der Waals surface area contributed by atoms with E-state index in [0.717, 1.165) is 5.56 Å². The summed E-state index contributed by atoms with van der Waals surface area (Å²) in [4.78, 5) is 38.5. The van der Waals surface area contributed by atoms with Crippen LogP contribution in [0.4, 0.5) is 0 Å². The standard InChI is InChI=1S/C24H29N3O6/c1-6-17(10-16-8-9-33-20(16)7-2)25-22(29)19-11-18(15(3)27(19)4)21(28)23(30)26-24(12-31-5)13-32-14-24/h7-11H,2,6,12-14H2,1,3-5H3,(H,25,29)(H,26,30)/b17-10+. The maximum Gasteiger partial charge on any atom is 0.293 e. The normalized spacial score (nSPS) is 15.0. The van der Waals surface area contributed by atoms with Crippen LogP contribution in [0.5, 0.6) is 0 Å². The molecule has 0 atom stereocenters. The molecule has 2 aromatic rings. The summed E-state index contributed by atoms with van der Waals surface area (Å²) in [5.74, 6) is -1.26. The monoisotopic (exact) mass is 455 g/mol. The number of hydrogen-bond acceptors (Lipinski definition) is 6. The molecule has 33 heavy (non-hydrogen) atoms. The van der Waals surface area contributed by atoms with Crippen LogP contribution in [0.2, 0.25) is 0 Å². The van der Waals surface area contributed by atoms with Crippen molar-refractivity contribution >= 4 is 29.7 Å². The highest BCUT2D eigenvalue weighted by atomic mass is 16.5. The van der Waals surface area contributed by atoms with Crippen LogP contribution in [-0.2, 0) is 21.3 Å². The Bertz CT molecular complexity index is 1100. The maximum atomic E-state index is 13.0. The summed E-state index contributed by atoms with van der Waals surface area (Å²) in [6.45, 7) is 8.10. The molecule has 3 rings (SSSR count). The molecule has 2 N–H and O–H groups in total. The molecular formula is C24H29N3O6. The number of ketones is 1. The molecule has 0 bridgehead atoms. The van der Waals surface area contributed by atoms with Crippen molar-refractivity contribution in [2.45, 2.75) is 25.8 Å². The zero-order valence-electron chi connectivity index (χ0n) is 19.3. The highest BCUT2D eigenvalue weighted by Gasteiger charge is 2.41.